The standard InChI is InChI=1S/C15H20FN7/c1-22(2)14-7-13(18-10-19-14)21-11-3-5-23(6-4-11)15-12(16)8-17-9-20-15/h7-11H,3-6H2,1-2H3,(H,18,19,21). The highest BCUT2D eigenvalue weighted by atomic mass is 19.1. The van der Waals surface area contributed by atoms with Gasteiger partial charge in [0.15, 0.2) is 11.6 Å². The fourth-order valence-corrected chi connectivity index (χ4v) is 2.65. The average Bonchev–Trinajstić information content (AvgIpc) is 2.56. The van der Waals surface area contributed by atoms with Gasteiger partial charge in [0.25, 0.3) is 0 Å². The summed E-state index contributed by atoms with van der Waals surface area (Å²) in [5.41, 5.74) is 0. The van der Waals surface area contributed by atoms with Crippen molar-refractivity contribution in [3.8, 4) is 0 Å². The fraction of sp³-hybridized carbons (Fsp3) is 0.467. The molecule has 23 heavy (non-hydrogen) atoms. The van der Waals surface area contributed by atoms with Crippen LogP contribution in [0.5, 0.6) is 0 Å². The van der Waals surface area contributed by atoms with Crippen LogP contribution in [0.2, 0.25) is 0 Å². The van der Waals surface area contributed by atoms with E-state index in [0.717, 1.165) is 37.6 Å². The second kappa shape index (κ2) is 6.72. The Morgan fingerprint density at radius 1 is 1.17 bits per heavy atom. The molecule has 0 aromatic carbocycles. The van der Waals surface area contributed by atoms with Gasteiger partial charge >= 0.3 is 0 Å². The van der Waals surface area contributed by atoms with Crippen LogP contribution in [0.25, 0.3) is 0 Å². The molecule has 3 rings (SSSR count). The van der Waals surface area contributed by atoms with Crippen LogP contribution >= 0.6 is 0 Å². The van der Waals surface area contributed by atoms with Gasteiger partial charge in [-0.1, -0.05) is 0 Å². The van der Waals surface area contributed by atoms with E-state index in [1.807, 2.05) is 30.0 Å². The molecule has 7 nitrogen and oxygen atoms in total. The van der Waals surface area contributed by atoms with Gasteiger partial charge in [-0.15, -0.1) is 0 Å². The molecule has 0 radical (unpaired) electrons. The molecular weight excluding hydrogens is 297 g/mol. The molecule has 0 amide bonds. The summed E-state index contributed by atoms with van der Waals surface area (Å²) < 4.78 is 13.7. The van der Waals surface area contributed by atoms with Crippen molar-refractivity contribution in [3.05, 3.63) is 30.7 Å². The van der Waals surface area contributed by atoms with Gasteiger partial charge in [0, 0.05) is 39.3 Å². The lowest BCUT2D eigenvalue weighted by molar-refractivity contribution is 0.509. The van der Waals surface area contributed by atoms with Crippen molar-refractivity contribution in [3.63, 3.8) is 0 Å². The smallest absolute Gasteiger partial charge is 0.183 e. The normalized spacial score (nSPS) is 15.5. The molecule has 0 aliphatic carbocycles. The molecule has 1 saturated heterocycles. The number of piperidine rings is 1. The SMILES string of the molecule is CN(C)c1cc(NC2CCN(c3ncncc3F)CC2)ncn1. The van der Waals surface area contributed by atoms with Gasteiger partial charge in [-0.25, -0.2) is 24.3 Å². The van der Waals surface area contributed by atoms with Crippen LogP contribution in [-0.4, -0.2) is 53.2 Å². The zero-order chi connectivity index (χ0) is 16.2. The minimum absolute atomic E-state index is 0.307. The first-order valence-corrected chi connectivity index (χ1v) is 7.60. The Balaban J connectivity index is 1.59. The summed E-state index contributed by atoms with van der Waals surface area (Å²) in [5, 5.41) is 3.43. The predicted molar refractivity (Wildman–Crippen MR) is 87.2 cm³/mol. The molecule has 2 aromatic rings. The maximum Gasteiger partial charge on any atom is 0.183 e. The van der Waals surface area contributed by atoms with E-state index in [-0.39, 0.29) is 5.82 Å². The largest absolute Gasteiger partial charge is 0.367 e. The maximum absolute atomic E-state index is 13.7. The lowest BCUT2D eigenvalue weighted by atomic mass is 10.1. The minimum Gasteiger partial charge on any atom is -0.367 e. The Bertz CT molecular complexity index is 656. The first-order valence-electron chi connectivity index (χ1n) is 7.60. The number of hydrogen-bond acceptors (Lipinski definition) is 7. The molecule has 8 heteroatoms. The monoisotopic (exact) mass is 317 g/mol. The summed E-state index contributed by atoms with van der Waals surface area (Å²) in [6, 6.07) is 2.23. The van der Waals surface area contributed by atoms with E-state index in [1.165, 1.54) is 12.5 Å². The molecule has 0 unspecified atom stereocenters. The van der Waals surface area contributed by atoms with Gasteiger partial charge in [0.05, 0.1) is 6.20 Å². The molecular formula is C15H20FN7. The van der Waals surface area contributed by atoms with Crippen LogP contribution in [0.1, 0.15) is 12.8 Å². The van der Waals surface area contributed by atoms with Crippen molar-refractivity contribution in [2.45, 2.75) is 18.9 Å². The number of aromatic nitrogens is 4. The Morgan fingerprint density at radius 2 is 1.96 bits per heavy atom. The molecule has 0 atom stereocenters. The second-order valence-corrected chi connectivity index (χ2v) is 5.76. The highest BCUT2D eigenvalue weighted by Gasteiger charge is 2.22. The van der Waals surface area contributed by atoms with Gasteiger partial charge in [0.1, 0.15) is 24.3 Å². The van der Waals surface area contributed by atoms with Crippen molar-refractivity contribution < 1.29 is 4.39 Å². The molecule has 3 heterocycles. The molecule has 1 N–H and O–H groups in total. The summed E-state index contributed by atoms with van der Waals surface area (Å²) in [4.78, 5) is 20.1. The second-order valence-electron chi connectivity index (χ2n) is 5.76. The molecule has 0 spiro atoms. The fourth-order valence-electron chi connectivity index (χ4n) is 2.65. The molecule has 122 valence electrons. The highest BCUT2D eigenvalue weighted by Crippen LogP contribution is 2.22. The van der Waals surface area contributed by atoms with Crippen molar-refractivity contribution in [1.29, 1.82) is 0 Å². The molecule has 1 aliphatic heterocycles. The zero-order valence-corrected chi connectivity index (χ0v) is 13.3. The van der Waals surface area contributed by atoms with E-state index >= 15 is 0 Å². The van der Waals surface area contributed by atoms with Crippen molar-refractivity contribution in [1.82, 2.24) is 19.9 Å². The van der Waals surface area contributed by atoms with Gasteiger partial charge < -0.3 is 15.1 Å². The summed E-state index contributed by atoms with van der Waals surface area (Å²) in [5.74, 6) is 1.69. The van der Waals surface area contributed by atoms with Crippen LogP contribution in [0.3, 0.4) is 0 Å². The van der Waals surface area contributed by atoms with Gasteiger partial charge in [0.2, 0.25) is 0 Å². The predicted octanol–water partition coefficient (Wildman–Crippen LogP) is 1.55. The Kier molecular flexibility index (Phi) is 4.50. The first kappa shape index (κ1) is 15.4. The molecule has 0 bridgehead atoms. The van der Waals surface area contributed by atoms with E-state index in [2.05, 4.69) is 25.3 Å². The van der Waals surface area contributed by atoms with Crippen LogP contribution in [-0.2, 0) is 0 Å². The third-order valence-electron chi connectivity index (χ3n) is 3.91. The van der Waals surface area contributed by atoms with E-state index in [1.54, 1.807) is 6.33 Å². The first-order chi connectivity index (χ1) is 11.1. The van der Waals surface area contributed by atoms with Crippen LogP contribution < -0.4 is 15.1 Å². The van der Waals surface area contributed by atoms with Crippen molar-refractivity contribution in [2.24, 2.45) is 0 Å². The van der Waals surface area contributed by atoms with E-state index in [0.29, 0.717) is 11.9 Å². The summed E-state index contributed by atoms with van der Waals surface area (Å²) in [7, 11) is 3.89. The zero-order valence-electron chi connectivity index (χ0n) is 13.3. The number of hydrogen-bond donors (Lipinski definition) is 1. The number of anilines is 3. The van der Waals surface area contributed by atoms with Crippen LogP contribution in [0.4, 0.5) is 21.8 Å². The van der Waals surface area contributed by atoms with Gasteiger partial charge in [-0.3, -0.25) is 0 Å². The third kappa shape index (κ3) is 3.64. The third-order valence-corrected chi connectivity index (χ3v) is 3.91. The topological polar surface area (TPSA) is 70.1 Å². The minimum atomic E-state index is -0.370. The van der Waals surface area contributed by atoms with E-state index < -0.39 is 0 Å². The summed E-state index contributed by atoms with van der Waals surface area (Å²) in [6.45, 7) is 1.49. The Morgan fingerprint density at radius 3 is 2.65 bits per heavy atom. The highest BCUT2D eigenvalue weighted by molar-refractivity contribution is 5.48. The summed E-state index contributed by atoms with van der Waals surface area (Å²) in [6.07, 6.45) is 5.93. The summed E-state index contributed by atoms with van der Waals surface area (Å²) >= 11 is 0. The molecule has 0 saturated carbocycles. The van der Waals surface area contributed by atoms with E-state index in [4.69, 9.17) is 0 Å². The molecule has 1 aliphatic rings. The molecule has 2 aromatic heterocycles. The van der Waals surface area contributed by atoms with Crippen molar-refractivity contribution in [2.75, 3.05) is 42.3 Å². The van der Waals surface area contributed by atoms with Crippen molar-refractivity contribution >= 4 is 17.5 Å². The quantitative estimate of drug-likeness (QED) is 0.917. The van der Waals surface area contributed by atoms with Crippen LogP contribution in [0, 0.1) is 5.82 Å². The lowest BCUT2D eigenvalue weighted by Crippen LogP contribution is -2.40. The van der Waals surface area contributed by atoms with Crippen LogP contribution in [0.15, 0.2) is 24.9 Å². The number of rotatable bonds is 4. The number of halogens is 1. The molecule has 1 fully saturated rings. The number of nitrogens with zero attached hydrogens (tertiary/aromatic N) is 6. The maximum atomic E-state index is 13.7. The Hall–Kier alpha value is -2.51. The lowest BCUT2D eigenvalue weighted by Gasteiger charge is -2.33. The average molecular weight is 317 g/mol. The Labute approximate surface area is 134 Å². The van der Waals surface area contributed by atoms with E-state index in [9.17, 15) is 4.39 Å². The van der Waals surface area contributed by atoms with Gasteiger partial charge in [-0.05, 0) is 12.8 Å². The number of nitrogens with one attached hydrogen (secondary N) is 1. The van der Waals surface area contributed by atoms with Gasteiger partial charge in [-0.2, -0.15) is 0 Å².